The Morgan fingerprint density at radius 1 is 1.32 bits per heavy atom. The number of aryl methyl sites for hydroxylation is 1. The van der Waals surface area contributed by atoms with Crippen molar-refractivity contribution in [2.75, 3.05) is 19.6 Å². The molecule has 1 aromatic carbocycles. The summed E-state index contributed by atoms with van der Waals surface area (Å²) in [6.45, 7) is 11.4. The van der Waals surface area contributed by atoms with Gasteiger partial charge in [0.25, 0.3) is 0 Å². The SMILES string of the molecule is CCNC(C)CC1CCN(Cc2ccc(C)cc2)C1. The van der Waals surface area contributed by atoms with Gasteiger partial charge in [0.2, 0.25) is 0 Å². The van der Waals surface area contributed by atoms with E-state index >= 15 is 0 Å². The highest BCUT2D eigenvalue weighted by atomic mass is 15.1. The second-order valence-electron chi connectivity index (χ2n) is 6.07. The molecule has 2 heteroatoms. The molecule has 0 bridgehead atoms. The van der Waals surface area contributed by atoms with E-state index in [0.717, 1.165) is 19.0 Å². The highest BCUT2D eigenvalue weighted by Crippen LogP contribution is 2.22. The van der Waals surface area contributed by atoms with Gasteiger partial charge in [-0.15, -0.1) is 0 Å². The molecule has 2 rings (SSSR count). The van der Waals surface area contributed by atoms with Crippen LogP contribution >= 0.6 is 0 Å². The molecule has 1 saturated heterocycles. The summed E-state index contributed by atoms with van der Waals surface area (Å²) in [7, 11) is 0. The van der Waals surface area contributed by atoms with E-state index in [1.807, 2.05) is 0 Å². The summed E-state index contributed by atoms with van der Waals surface area (Å²) in [5.41, 5.74) is 2.80. The summed E-state index contributed by atoms with van der Waals surface area (Å²) in [6, 6.07) is 9.63. The van der Waals surface area contributed by atoms with Crippen LogP contribution in [0, 0.1) is 12.8 Å². The van der Waals surface area contributed by atoms with E-state index < -0.39 is 0 Å². The lowest BCUT2D eigenvalue weighted by Gasteiger charge is -2.19. The molecule has 1 aliphatic rings. The molecule has 0 saturated carbocycles. The molecule has 19 heavy (non-hydrogen) atoms. The second-order valence-corrected chi connectivity index (χ2v) is 6.07. The van der Waals surface area contributed by atoms with Crippen LogP contribution in [-0.2, 0) is 6.54 Å². The first-order valence-electron chi connectivity index (χ1n) is 7.68. The average Bonchev–Trinajstić information content (AvgIpc) is 2.80. The molecule has 2 atom stereocenters. The first-order valence-corrected chi connectivity index (χ1v) is 7.68. The Balaban J connectivity index is 1.77. The molecule has 0 spiro atoms. The molecule has 1 aromatic rings. The van der Waals surface area contributed by atoms with Gasteiger partial charge in [-0.2, -0.15) is 0 Å². The van der Waals surface area contributed by atoms with Crippen LogP contribution in [0.15, 0.2) is 24.3 Å². The van der Waals surface area contributed by atoms with Gasteiger partial charge >= 0.3 is 0 Å². The van der Waals surface area contributed by atoms with Gasteiger partial charge in [0.05, 0.1) is 0 Å². The maximum Gasteiger partial charge on any atom is 0.0233 e. The Morgan fingerprint density at radius 3 is 2.74 bits per heavy atom. The van der Waals surface area contributed by atoms with E-state index in [1.165, 1.54) is 37.1 Å². The van der Waals surface area contributed by atoms with Gasteiger partial charge in [0.15, 0.2) is 0 Å². The van der Waals surface area contributed by atoms with Crippen molar-refractivity contribution in [2.45, 2.75) is 46.2 Å². The predicted molar refractivity (Wildman–Crippen MR) is 82.3 cm³/mol. The van der Waals surface area contributed by atoms with Gasteiger partial charge in [-0.05, 0) is 51.3 Å². The van der Waals surface area contributed by atoms with Gasteiger partial charge in [-0.3, -0.25) is 4.90 Å². The maximum atomic E-state index is 3.52. The quantitative estimate of drug-likeness (QED) is 0.845. The molecule has 1 heterocycles. The third-order valence-corrected chi connectivity index (χ3v) is 4.14. The van der Waals surface area contributed by atoms with Gasteiger partial charge in [-0.25, -0.2) is 0 Å². The van der Waals surface area contributed by atoms with Crippen molar-refractivity contribution in [3.63, 3.8) is 0 Å². The summed E-state index contributed by atoms with van der Waals surface area (Å²) in [5, 5.41) is 3.52. The molecule has 2 nitrogen and oxygen atoms in total. The Kier molecular flexibility index (Phi) is 5.41. The third-order valence-electron chi connectivity index (χ3n) is 4.14. The Bertz CT molecular complexity index is 371. The smallest absolute Gasteiger partial charge is 0.0233 e. The highest BCUT2D eigenvalue weighted by molar-refractivity contribution is 5.21. The Labute approximate surface area is 118 Å². The number of hydrogen-bond acceptors (Lipinski definition) is 2. The molecule has 106 valence electrons. The van der Waals surface area contributed by atoms with Crippen LogP contribution in [0.5, 0.6) is 0 Å². The van der Waals surface area contributed by atoms with E-state index in [-0.39, 0.29) is 0 Å². The number of benzene rings is 1. The highest BCUT2D eigenvalue weighted by Gasteiger charge is 2.23. The standard InChI is InChI=1S/C17H28N2/c1-4-18-15(3)11-17-9-10-19(13-17)12-16-7-5-14(2)6-8-16/h5-8,15,17-18H,4,9-13H2,1-3H3. The van der Waals surface area contributed by atoms with Crippen molar-refractivity contribution in [1.82, 2.24) is 10.2 Å². The molecule has 0 aromatic heterocycles. The Hall–Kier alpha value is -0.860. The van der Waals surface area contributed by atoms with E-state index in [0.29, 0.717) is 6.04 Å². The fraction of sp³-hybridized carbons (Fsp3) is 0.647. The van der Waals surface area contributed by atoms with Gasteiger partial charge in [0, 0.05) is 19.1 Å². The van der Waals surface area contributed by atoms with E-state index in [9.17, 15) is 0 Å². The first-order chi connectivity index (χ1) is 9.17. The molecule has 0 radical (unpaired) electrons. The molecule has 1 aliphatic heterocycles. The zero-order valence-electron chi connectivity index (χ0n) is 12.7. The lowest BCUT2D eigenvalue weighted by atomic mass is 10.0. The molecular weight excluding hydrogens is 232 g/mol. The molecule has 1 fully saturated rings. The third kappa shape index (κ3) is 4.63. The van der Waals surface area contributed by atoms with Crippen molar-refractivity contribution < 1.29 is 0 Å². The lowest BCUT2D eigenvalue weighted by molar-refractivity contribution is 0.306. The lowest BCUT2D eigenvalue weighted by Crippen LogP contribution is -2.29. The zero-order chi connectivity index (χ0) is 13.7. The minimum absolute atomic E-state index is 0.661. The normalized spacial score (nSPS) is 21.7. The van der Waals surface area contributed by atoms with Crippen LogP contribution in [0.3, 0.4) is 0 Å². The number of rotatable bonds is 6. The number of nitrogens with zero attached hydrogens (tertiary/aromatic N) is 1. The number of likely N-dealkylation sites (tertiary alicyclic amines) is 1. The maximum absolute atomic E-state index is 3.52. The summed E-state index contributed by atoms with van der Waals surface area (Å²) in [6.07, 6.45) is 2.68. The molecule has 0 amide bonds. The topological polar surface area (TPSA) is 15.3 Å². The molecule has 0 aliphatic carbocycles. The Morgan fingerprint density at radius 2 is 2.05 bits per heavy atom. The van der Waals surface area contributed by atoms with Crippen molar-refractivity contribution in [3.8, 4) is 0 Å². The van der Waals surface area contributed by atoms with Crippen molar-refractivity contribution in [3.05, 3.63) is 35.4 Å². The van der Waals surface area contributed by atoms with Gasteiger partial charge < -0.3 is 5.32 Å². The van der Waals surface area contributed by atoms with Crippen LogP contribution in [-0.4, -0.2) is 30.6 Å². The van der Waals surface area contributed by atoms with Crippen LogP contribution in [0.25, 0.3) is 0 Å². The minimum atomic E-state index is 0.661. The van der Waals surface area contributed by atoms with Crippen molar-refractivity contribution >= 4 is 0 Å². The summed E-state index contributed by atoms with van der Waals surface area (Å²) in [5.74, 6) is 0.875. The molecule has 1 N–H and O–H groups in total. The van der Waals surface area contributed by atoms with Crippen LogP contribution in [0.1, 0.15) is 37.8 Å². The van der Waals surface area contributed by atoms with Gasteiger partial charge in [0.1, 0.15) is 0 Å². The monoisotopic (exact) mass is 260 g/mol. The van der Waals surface area contributed by atoms with E-state index in [4.69, 9.17) is 0 Å². The van der Waals surface area contributed by atoms with Crippen LogP contribution in [0.2, 0.25) is 0 Å². The fourth-order valence-electron chi connectivity index (χ4n) is 3.13. The van der Waals surface area contributed by atoms with Crippen LogP contribution < -0.4 is 5.32 Å². The summed E-state index contributed by atoms with van der Waals surface area (Å²) >= 11 is 0. The van der Waals surface area contributed by atoms with Gasteiger partial charge in [-0.1, -0.05) is 36.8 Å². The number of hydrogen-bond donors (Lipinski definition) is 1. The number of nitrogens with one attached hydrogen (secondary N) is 1. The predicted octanol–water partition coefficient (Wildman–Crippen LogP) is 3.21. The summed E-state index contributed by atoms with van der Waals surface area (Å²) < 4.78 is 0. The molecule has 2 unspecified atom stereocenters. The van der Waals surface area contributed by atoms with E-state index in [1.54, 1.807) is 0 Å². The first kappa shape index (κ1) is 14.5. The van der Waals surface area contributed by atoms with E-state index in [2.05, 4.69) is 55.3 Å². The fourth-order valence-corrected chi connectivity index (χ4v) is 3.13. The zero-order valence-corrected chi connectivity index (χ0v) is 12.7. The summed E-state index contributed by atoms with van der Waals surface area (Å²) in [4.78, 5) is 2.61. The van der Waals surface area contributed by atoms with Crippen LogP contribution in [0.4, 0.5) is 0 Å². The second kappa shape index (κ2) is 7.06. The van der Waals surface area contributed by atoms with Crippen molar-refractivity contribution in [1.29, 1.82) is 0 Å². The average molecular weight is 260 g/mol. The van der Waals surface area contributed by atoms with Crippen molar-refractivity contribution in [2.24, 2.45) is 5.92 Å². The minimum Gasteiger partial charge on any atom is -0.315 e. The largest absolute Gasteiger partial charge is 0.315 e. The molecular formula is C17H28N2.